The summed E-state index contributed by atoms with van der Waals surface area (Å²) in [6.45, 7) is 10.7. The molecule has 5 heteroatoms. The summed E-state index contributed by atoms with van der Waals surface area (Å²) in [5, 5.41) is 1.08. The lowest BCUT2D eigenvalue weighted by Crippen LogP contribution is -2.58. The van der Waals surface area contributed by atoms with Crippen molar-refractivity contribution in [2.75, 3.05) is 18.0 Å². The van der Waals surface area contributed by atoms with Crippen molar-refractivity contribution < 1.29 is 4.74 Å². The zero-order valence-corrected chi connectivity index (χ0v) is 14.5. The predicted molar refractivity (Wildman–Crippen MR) is 87.0 cm³/mol. The monoisotopic (exact) mass is 309 g/mol. The summed E-state index contributed by atoms with van der Waals surface area (Å²) in [7, 11) is 0. The van der Waals surface area contributed by atoms with Crippen molar-refractivity contribution in [3.05, 3.63) is 5.82 Å². The predicted octanol–water partition coefficient (Wildman–Crippen LogP) is 3.66. The molecule has 0 aromatic carbocycles. The number of morpholine rings is 1. The van der Waals surface area contributed by atoms with E-state index in [0.29, 0.717) is 5.92 Å². The molecule has 2 heterocycles. The molecule has 1 aromatic heterocycles. The van der Waals surface area contributed by atoms with Crippen LogP contribution in [0.5, 0.6) is 0 Å². The van der Waals surface area contributed by atoms with E-state index in [-0.39, 0.29) is 11.2 Å². The van der Waals surface area contributed by atoms with Gasteiger partial charge in [-0.3, -0.25) is 0 Å². The Hall–Kier alpha value is -0.680. The third-order valence-electron chi connectivity index (χ3n) is 4.38. The second-order valence-corrected chi connectivity index (χ2v) is 8.43. The lowest BCUT2D eigenvalue weighted by Gasteiger charge is -2.48. The highest BCUT2D eigenvalue weighted by atomic mass is 32.1. The average molecular weight is 309 g/mol. The number of hydrogen-bond acceptors (Lipinski definition) is 5. The molecule has 0 radical (unpaired) electrons. The molecule has 1 saturated heterocycles. The van der Waals surface area contributed by atoms with Crippen LogP contribution in [0.2, 0.25) is 0 Å². The highest BCUT2D eigenvalue weighted by Gasteiger charge is 2.46. The molecule has 1 saturated carbocycles. The van der Waals surface area contributed by atoms with Gasteiger partial charge >= 0.3 is 0 Å². The smallest absolute Gasteiger partial charge is 0.205 e. The van der Waals surface area contributed by atoms with Crippen LogP contribution in [0.4, 0.5) is 5.13 Å². The van der Waals surface area contributed by atoms with Crippen molar-refractivity contribution in [1.82, 2.24) is 9.36 Å². The molecule has 0 unspecified atom stereocenters. The van der Waals surface area contributed by atoms with Crippen molar-refractivity contribution >= 4 is 16.7 Å². The number of hydrogen-bond donors (Lipinski definition) is 0. The fourth-order valence-electron chi connectivity index (χ4n) is 3.75. The van der Waals surface area contributed by atoms with Crippen LogP contribution in [0.15, 0.2) is 0 Å². The molecule has 0 amide bonds. The van der Waals surface area contributed by atoms with E-state index in [1.165, 1.54) is 25.7 Å². The molecule has 3 rings (SSSR count). The van der Waals surface area contributed by atoms with Gasteiger partial charge in [-0.25, -0.2) is 4.98 Å². The normalized spacial score (nSPS) is 24.1. The van der Waals surface area contributed by atoms with Crippen LogP contribution in [0.25, 0.3) is 0 Å². The van der Waals surface area contributed by atoms with Crippen molar-refractivity contribution in [2.45, 2.75) is 71.0 Å². The number of rotatable bonds is 3. The first-order valence-electron chi connectivity index (χ1n) is 8.15. The molecule has 0 bridgehead atoms. The molecular formula is C16H27N3OS. The number of nitrogens with zero attached hydrogens (tertiary/aromatic N) is 3. The zero-order valence-electron chi connectivity index (χ0n) is 13.7. The average Bonchev–Trinajstić information content (AvgIpc) is 2.96. The molecule has 4 nitrogen and oxygen atoms in total. The van der Waals surface area contributed by atoms with Crippen LogP contribution in [-0.2, 0) is 11.2 Å². The van der Waals surface area contributed by atoms with Crippen molar-refractivity contribution in [3.63, 3.8) is 0 Å². The molecule has 1 aliphatic heterocycles. The molecule has 1 aromatic rings. The third kappa shape index (κ3) is 3.39. The minimum atomic E-state index is -0.105. The fraction of sp³-hybridized carbons (Fsp3) is 0.875. The maximum Gasteiger partial charge on any atom is 0.205 e. The molecule has 118 valence electrons. The van der Waals surface area contributed by atoms with E-state index in [4.69, 9.17) is 9.72 Å². The van der Waals surface area contributed by atoms with Gasteiger partial charge in [0.25, 0.3) is 0 Å². The highest BCUT2D eigenvalue weighted by molar-refractivity contribution is 7.09. The van der Waals surface area contributed by atoms with E-state index in [2.05, 4.69) is 37.0 Å². The minimum Gasteiger partial charge on any atom is -0.365 e. The van der Waals surface area contributed by atoms with Crippen LogP contribution in [-0.4, -0.2) is 33.6 Å². The van der Waals surface area contributed by atoms with Gasteiger partial charge in [0, 0.05) is 31.0 Å². The van der Waals surface area contributed by atoms with E-state index >= 15 is 0 Å². The van der Waals surface area contributed by atoms with Crippen molar-refractivity contribution in [1.29, 1.82) is 0 Å². The SMILES string of the molecule is CC(C)Cc1nsc(N2CC(C)(C)OC3(CCCC3)C2)n1. The Morgan fingerprint density at radius 1 is 1.24 bits per heavy atom. The summed E-state index contributed by atoms with van der Waals surface area (Å²) in [6, 6.07) is 0. The van der Waals surface area contributed by atoms with Gasteiger partial charge in [0.15, 0.2) is 0 Å². The molecule has 0 N–H and O–H groups in total. The Morgan fingerprint density at radius 2 is 1.95 bits per heavy atom. The van der Waals surface area contributed by atoms with E-state index in [0.717, 1.165) is 30.5 Å². The van der Waals surface area contributed by atoms with E-state index in [1.807, 2.05) is 0 Å². The van der Waals surface area contributed by atoms with Gasteiger partial charge in [-0.1, -0.05) is 26.7 Å². The second kappa shape index (κ2) is 5.51. The van der Waals surface area contributed by atoms with Crippen molar-refractivity contribution in [3.8, 4) is 0 Å². The Kier molecular flexibility index (Phi) is 3.99. The van der Waals surface area contributed by atoms with Crippen LogP contribution >= 0.6 is 11.5 Å². The summed E-state index contributed by atoms with van der Waals surface area (Å²) < 4.78 is 11.0. The largest absolute Gasteiger partial charge is 0.365 e. The number of anilines is 1. The van der Waals surface area contributed by atoms with Gasteiger partial charge in [-0.05, 0) is 32.6 Å². The van der Waals surface area contributed by atoms with Gasteiger partial charge in [0.05, 0.1) is 11.2 Å². The lowest BCUT2D eigenvalue weighted by atomic mass is 9.94. The molecule has 1 spiro atoms. The van der Waals surface area contributed by atoms with Crippen LogP contribution < -0.4 is 4.90 Å². The summed E-state index contributed by atoms with van der Waals surface area (Å²) in [5.41, 5.74) is -0.0574. The highest BCUT2D eigenvalue weighted by Crippen LogP contribution is 2.42. The molecule has 2 fully saturated rings. The maximum atomic E-state index is 6.46. The van der Waals surface area contributed by atoms with E-state index in [9.17, 15) is 0 Å². The van der Waals surface area contributed by atoms with Gasteiger partial charge in [0.1, 0.15) is 5.82 Å². The summed E-state index contributed by atoms with van der Waals surface area (Å²) in [5.74, 6) is 1.60. The molecular weight excluding hydrogens is 282 g/mol. The summed E-state index contributed by atoms with van der Waals surface area (Å²) in [6.07, 6.45) is 5.92. The number of ether oxygens (including phenoxy) is 1. The Bertz CT molecular complexity index is 491. The standard InChI is InChI=1S/C16H27N3OS/c1-12(2)9-13-17-14(21-18-13)19-10-15(3,4)20-16(11-19)7-5-6-8-16/h12H,5-11H2,1-4H3. The van der Waals surface area contributed by atoms with Gasteiger partial charge in [0.2, 0.25) is 5.13 Å². The molecule has 2 aliphatic rings. The van der Waals surface area contributed by atoms with Crippen LogP contribution in [0.1, 0.15) is 59.2 Å². The molecule has 0 atom stereocenters. The van der Waals surface area contributed by atoms with E-state index in [1.54, 1.807) is 11.5 Å². The first-order valence-corrected chi connectivity index (χ1v) is 8.93. The third-order valence-corrected chi connectivity index (χ3v) is 5.19. The quantitative estimate of drug-likeness (QED) is 0.854. The molecule has 21 heavy (non-hydrogen) atoms. The summed E-state index contributed by atoms with van der Waals surface area (Å²) in [4.78, 5) is 7.18. The Balaban J connectivity index is 1.79. The van der Waals surface area contributed by atoms with Crippen molar-refractivity contribution in [2.24, 2.45) is 5.92 Å². The van der Waals surface area contributed by atoms with Gasteiger partial charge in [-0.15, -0.1) is 0 Å². The maximum absolute atomic E-state index is 6.46. The first-order chi connectivity index (χ1) is 9.88. The summed E-state index contributed by atoms with van der Waals surface area (Å²) >= 11 is 1.55. The zero-order chi connectivity index (χ0) is 15.1. The number of aromatic nitrogens is 2. The fourth-order valence-corrected chi connectivity index (χ4v) is 4.44. The first kappa shape index (κ1) is 15.2. The Morgan fingerprint density at radius 3 is 2.62 bits per heavy atom. The van der Waals surface area contributed by atoms with Crippen LogP contribution in [0, 0.1) is 5.92 Å². The second-order valence-electron chi connectivity index (χ2n) is 7.70. The van der Waals surface area contributed by atoms with E-state index < -0.39 is 0 Å². The minimum absolute atomic E-state index is 0.0473. The molecule has 1 aliphatic carbocycles. The van der Waals surface area contributed by atoms with Gasteiger partial charge < -0.3 is 9.64 Å². The lowest BCUT2D eigenvalue weighted by molar-refractivity contribution is -0.148. The van der Waals surface area contributed by atoms with Gasteiger partial charge in [-0.2, -0.15) is 4.37 Å². The van der Waals surface area contributed by atoms with Crippen LogP contribution in [0.3, 0.4) is 0 Å². The Labute approximate surface area is 132 Å². The topological polar surface area (TPSA) is 38.2 Å².